The number of rotatable bonds is 4. The molecule has 162 valence electrons. The van der Waals surface area contributed by atoms with Crippen LogP contribution in [-0.2, 0) is 16.1 Å². The number of Topliss-reactive ketones (excluding diaryl/α,β-unsaturated/α-hetero) is 1. The van der Waals surface area contributed by atoms with Gasteiger partial charge in [0.1, 0.15) is 5.76 Å². The Bertz CT molecular complexity index is 1390. The molecule has 1 fully saturated rings. The fourth-order valence-electron chi connectivity index (χ4n) is 4.30. The number of likely N-dealkylation sites (tertiary alicyclic amines) is 1. The Labute approximate surface area is 195 Å². The van der Waals surface area contributed by atoms with Gasteiger partial charge in [-0.1, -0.05) is 66.2 Å². The smallest absolute Gasteiger partial charge is 0.295 e. The molecule has 0 aliphatic carbocycles. The molecule has 1 aliphatic rings. The highest BCUT2D eigenvalue weighted by atomic mass is 35.5. The number of amides is 1. The topological polar surface area (TPSA) is 70.5 Å². The average Bonchev–Trinajstić information content (AvgIpc) is 3.09. The third-order valence-electron chi connectivity index (χ3n) is 5.87. The van der Waals surface area contributed by atoms with Crippen LogP contribution in [0.1, 0.15) is 22.7 Å². The van der Waals surface area contributed by atoms with Gasteiger partial charge in [-0.05, 0) is 46.2 Å². The number of carbonyl (C=O) groups excluding carboxylic acids is 2. The molecule has 1 amide bonds. The summed E-state index contributed by atoms with van der Waals surface area (Å²) in [5.74, 6) is -1.56. The molecule has 1 N–H and O–H groups in total. The summed E-state index contributed by atoms with van der Waals surface area (Å²) in [5.41, 5.74) is 2.09. The number of hydrogen-bond donors (Lipinski definition) is 1. The van der Waals surface area contributed by atoms with Gasteiger partial charge in [-0.25, -0.2) is 0 Å². The highest BCUT2D eigenvalue weighted by Crippen LogP contribution is 2.41. The first-order valence-electron chi connectivity index (χ1n) is 10.5. The largest absolute Gasteiger partial charge is 0.507 e. The van der Waals surface area contributed by atoms with Gasteiger partial charge in [0.05, 0.1) is 11.6 Å². The molecule has 1 atom stereocenters. The number of carbonyl (C=O) groups is 2. The second kappa shape index (κ2) is 8.52. The molecular weight excluding hydrogens is 436 g/mol. The molecule has 1 aromatic heterocycles. The van der Waals surface area contributed by atoms with Crippen molar-refractivity contribution in [3.63, 3.8) is 0 Å². The van der Waals surface area contributed by atoms with Crippen molar-refractivity contribution >= 4 is 39.8 Å². The maximum Gasteiger partial charge on any atom is 0.295 e. The van der Waals surface area contributed by atoms with E-state index >= 15 is 0 Å². The Balaban J connectivity index is 1.71. The van der Waals surface area contributed by atoms with E-state index in [1.54, 1.807) is 54.9 Å². The summed E-state index contributed by atoms with van der Waals surface area (Å²) in [6.07, 6.45) is 3.28. The second-order valence-corrected chi connectivity index (χ2v) is 8.30. The summed E-state index contributed by atoms with van der Waals surface area (Å²) in [7, 11) is 0. The standard InChI is InChI=1S/C27H19ClN2O3/c28-20-10-8-19(9-11-20)24-23(25(31)22-7-3-5-18-4-1-2-6-21(18)22)26(32)27(33)30(24)16-17-12-14-29-15-13-17/h1-15,24,31H,16H2/b25-23-. The first-order valence-corrected chi connectivity index (χ1v) is 10.8. The number of pyridine rings is 1. The Morgan fingerprint density at radius 2 is 1.61 bits per heavy atom. The van der Waals surface area contributed by atoms with Crippen LogP contribution in [0.4, 0.5) is 0 Å². The highest BCUT2D eigenvalue weighted by molar-refractivity contribution is 6.46. The van der Waals surface area contributed by atoms with Crippen LogP contribution in [0.3, 0.4) is 0 Å². The van der Waals surface area contributed by atoms with Crippen LogP contribution in [-0.4, -0.2) is 26.7 Å². The molecule has 1 saturated heterocycles. The summed E-state index contributed by atoms with van der Waals surface area (Å²) in [6.45, 7) is 0.201. The van der Waals surface area contributed by atoms with Gasteiger partial charge in [-0.2, -0.15) is 0 Å². The predicted molar refractivity (Wildman–Crippen MR) is 127 cm³/mol. The minimum absolute atomic E-state index is 0.0627. The second-order valence-electron chi connectivity index (χ2n) is 7.86. The number of ketones is 1. The average molecular weight is 455 g/mol. The van der Waals surface area contributed by atoms with Crippen LogP contribution in [0.5, 0.6) is 0 Å². The van der Waals surface area contributed by atoms with Gasteiger partial charge >= 0.3 is 0 Å². The van der Waals surface area contributed by atoms with E-state index in [0.717, 1.165) is 16.3 Å². The van der Waals surface area contributed by atoms with E-state index in [2.05, 4.69) is 4.98 Å². The van der Waals surface area contributed by atoms with Crippen molar-refractivity contribution in [3.8, 4) is 0 Å². The van der Waals surface area contributed by atoms with Crippen LogP contribution in [0, 0.1) is 0 Å². The highest BCUT2D eigenvalue weighted by Gasteiger charge is 2.46. The Hall–Kier alpha value is -3.96. The molecule has 1 aliphatic heterocycles. The van der Waals surface area contributed by atoms with Crippen LogP contribution in [0.25, 0.3) is 16.5 Å². The number of benzene rings is 3. The van der Waals surface area contributed by atoms with Crippen molar-refractivity contribution in [2.75, 3.05) is 0 Å². The predicted octanol–water partition coefficient (Wildman–Crippen LogP) is 5.51. The lowest BCUT2D eigenvalue weighted by Gasteiger charge is -2.25. The van der Waals surface area contributed by atoms with E-state index in [1.807, 2.05) is 36.4 Å². The molecule has 4 aromatic rings. The SMILES string of the molecule is O=C1C(=O)N(Cc2ccncc2)C(c2ccc(Cl)cc2)/C1=C(/O)c1cccc2ccccc12. The third-order valence-corrected chi connectivity index (χ3v) is 6.12. The molecule has 5 rings (SSSR count). The zero-order chi connectivity index (χ0) is 22.9. The maximum atomic E-state index is 13.3. The van der Waals surface area contributed by atoms with E-state index in [0.29, 0.717) is 16.1 Å². The van der Waals surface area contributed by atoms with E-state index in [9.17, 15) is 14.7 Å². The van der Waals surface area contributed by atoms with Crippen molar-refractivity contribution in [2.24, 2.45) is 0 Å². The number of aromatic nitrogens is 1. The first kappa shape index (κ1) is 20.9. The van der Waals surface area contributed by atoms with E-state index in [1.165, 1.54) is 4.90 Å². The molecule has 0 bridgehead atoms. The van der Waals surface area contributed by atoms with Gasteiger partial charge in [0.2, 0.25) is 0 Å². The molecule has 33 heavy (non-hydrogen) atoms. The molecule has 1 unspecified atom stereocenters. The molecule has 0 saturated carbocycles. The van der Waals surface area contributed by atoms with Crippen LogP contribution in [0.15, 0.2) is 96.8 Å². The van der Waals surface area contributed by atoms with Crippen LogP contribution >= 0.6 is 11.6 Å². The molecule has 2 heterocycles. The fraction of sp³-hybridized carbons (Fsp3) is 0.0741. The quantitative estimate of drug-likeness (QED) is 0.251. The molecule has 0 radical (unpaired) electrons. The minimum atomic E-state index is -0.755. The van der Waals surface area contributed by atoms with Crippen molar-refractivity contribution in [1.82, 2.24) is 9.88 Å². The molecule has 0 spiro atoms. The van der Waals surface area contributed by atoms with Gasteiger partial charge in [-0.15, -0.1) is 0 Å². The molecule has 5 nitrogen and oxygen atoms in total. The number of halogens is 1. The molecule has 3 aromatic carbocycles. The number of nitrogens with zero attached hydrogens (tertiary/aromatic N) is 2. The lowest BCUT2D eigenvalue weighted by molar-refractivity contribution is -0.140. The monoisotopic (exact) mass is 454 g/mol. The molecule has 6 heteroatoms. The Morgan fingerprint density at radius 3 is 2.36 bits per heavy atom. The summed E-state index contributed by atoms with van der Waals surface area (Å²) in [6, 6.07) is 22.9. The van der Waals surface area contributed by atoms with Crippen molar-refractivity contribution in [1.29, 1.82) is 0 Å². The first-order chi connectivity index (χ1) is 16.0. The van der Waals surface area contributed by atoms with Gasteiger partial charge in [0, 0.05) is 29.5 Å². The number of hydrogen-bond acceptors (Lipinski definition) is 4. The molecular formula is C27H19ClN2O3. The zero-order valence-corrected chi connectivity index (χ0v) is 18.2. The lowest BCUT2D eigenvalue weighted by Crippen LogP contribution is -2.29. The van der Waals surface area contributed by atoms with Gasteiger partial charge in [0.25, 0.3) is 11.7 Å². The lowest BCUT2D eigenvalue weighted by atomic mass is 9.93. The van der Waals surface area contributed by atoms with Gasteiger partial charge in [-0.3, -0.25) is 14.6 Å². The van der Waals surface area contributed by atoms with Gasteiger partial charge in [0.15, 0.2) is 0 Å². The van der Waals surface area contributed by atoms with E-state index < -0.39 is 17.7 Å². The Kier molecular flexibility index (Phi) is 5.40. The summed E-state index contributed by atoms with van der Waals surface area (Å²) in [5, 5.41) is 13.7. The number of aliphatic hydroxyl groups is 1. The third kappa shape index (κ3) is 3.77. The van der Waals surface area contributed by atoms with Crippen molar-refractivity contribution in [3.05, 3.63) is 119 Å². The number of aliphatic hydroxyl groups excluding tert-OH is 1. The van der Waals surface area contributed by atoms with Crippen LogP contribution < -0.4 is 0 Å². The summed E-state index contributed by atoms with van der Waals surface area (Å²) < 4.78 is 0. The summed E-state index contributed by atoms with van der Waals surface area (Å²) in [4.78, 5) is 31.9. The van der Waals surface area contributed by atoms with E-state index in [4.69, 9.17) is 11.6 Å². The summed E-state index contributed by atoms with van der Waals surface area (Å²) >= 11 is 6.09. The fourth-order valence-corrected chi connectivity index (χ4v) is 4.42. The minimum Gasteiger partial charge on any atom is -0.507 e. The van der Waals surface area contributed by atoms with Crippen molar-refractivity contribution in [2.45, 2.75) is 12.6 Å². The van der Waals surface area contributed by atoms with Crippen molar-refractivity contribution < 1.29 is 14.7 Å². The maximum absolute atomic E-state index is 13.3. The number of fused-ring (bicyclic) bond motifs is 1. The van der Waals surface area contributed by atoms with Crippen LogP contribution in [0.2, 0.25) is 5.02 Å². The normalized spacial score (nSPS) is 17.6. The zero-order valence-electron chi connectivity index (χ0n) is 17.5. The van der Waals surface area contributed by atoms with E-state index in [-0.39, 0.29) is 17.9 Å². The van der Waals surface area contributed by atoms with Gasteiger partial charge < -0.3 is 10.0 Å². The Morgan fingerprint density at radius 1 is 0.909 bits per heavy atom.